The second kappa shape index (κ2) is 5.76. The molecular weight excluding hydrogens is 268 g/mol. The minimum atomic E-state index is -1.08. The Morgan fingerprint density at radius 1 is 1.14 bits per heavy atom. The predicted molar refractivity (Wildman–Crippen MR) is 83.7 cm³/mol. The van der Waals surface area contributed by atoms with Gasteiger partial charge in [-0.05, 0) is 45.9 Å². The summed E-state index contributed by atoms with van der Waals surface area (Å²) < 4.78 is 0. The van der Waals surface area contributed by atoms with Crippen LogP contribution in [-0.2, 0) is 4.79 Å². The molecule has 0 aliphatic carbocycles. The summed E-state index contributed by atoms with van der Waals surface area (Å²) in [6.45, 7) is 6.64. The van der Waals surface area contributed by atoms with Crippen molar-refractivity contribution in [3.8, 4) is 0 Å². The lowest BCUT2D eigenvalue weighted by Crippen LogP contribution is -2.56. The van der Waals surface area contributed by atoms with E-state index in [1.165, 1.54) is 0 Å². The van der Waals surface area contributed by atoms with Crippen molar-refractivity contribution in [2.75, 3.05) is 19.0 Å². The molecule has 21 heavy (non-hydrogen) atoms. The maximum atomic E-state index is 12.4. The van der Waals surface area contributed by atoms with Gasteiger partial charge in [-0.15, -0.1) is 0 Å². The first-order valence-electron chi connectivity index (χ1n) is 6.82. The Labute approximate surface area is 126 Å². The molecule has 2 N–H and O–H groups in total. The molecule has 1 amide bonds. The molecule has 0 bridgehead atoms. The van der Waals surface area contributed by atoms with Crippen LogP contribution in [0, 0.1) is 5.41 Å². The van der Waals surface area contributed by atoms with E-state index in [0.717, 1.165) is 5.69 Å². The van der Waals surface area contributed by atoms with Crippen LogP contribution in [0.3, 0.4) is 0 Å². The lowest BCUT2D eigenvalue weighted by molar-refractivity contribution is -0.150. The van der Waals surface area contributed by atoms with Crippen molar-refractivity contribution < 1.29 is 14.7 Å². The molecule has 0 saturated heterocycles. The van der Waals surface area contributed by atoms with Crippen molar-refractivity contribution in [3.05, 3.63) is 29.8 Å². The summed E-state index contributed by atoms with van der Waals surface area (Å²) >= 11 is 0. The van der Waals surface area contributed by atoms with Crippen molar-refractivity contribution >= 4 is 17.6 Å². The van der Waals surface area contributed by atoms with E-state index < -0.39 is 16.9 Å². The van der Waals surface area contributed by atoms with Crippen molar-refractivity contribution in [1.82, 2.24) is 5.32 Å². The molecule has 0 saturated carbocycles. The maximum Gasteiger partial charge on any atom is 0.311 e. The van der Waals surface area contributed by atoms with E-state index >= 15 is 0 Å². The average molecular weight is 292 g/mol. The molecular formula is C16H24N2O3. The molecule has 0 atom stereocenters. The number of carboxylic acids is 1. The SMILES string of the molecule is CN(C)c1cccc(C(=O)NC(C)(C)C(C)(C)C(=O)O)c1. The molecule has 5 nitrogen and oxygen atoms in total. The minimum Gasteiger partial charge on any atom is -0.481 e. The zero-order chi connectivity index (χ0) is 16.4. The summed E-state index contributed by atoms with van der Waals surface area (Å²) in [5.74, 6) is -1.23. The van der Waals surface area contributed by atoms with Gasteiger partial charge in [0.1, 0.15) is 0 Å². The number of rotatable bonds is 5. The van der Waals surface area contributed by atoms with Gasteiger partial charge in [0, 0.05) is 25.3 Å². The number of hydrogen-bond acceptors (Lipinski definition) is 3. The van der Waals surface area contributed by atoms with Crippen LogP contribution in [0.2, 0.25) is 0 Å². The van der Waals surface area contributed by atoms with Crippen molar-refractivity contribution in [1.29, 1.82) is 0 Å². The molecule has 1 aromatic carbocycles. The predicted octanol–water partition coefficient (Wildman–Crippen LogP) is 2.37. The number of hydrogen-bond donors (Lipinski definition) is 2. The molecule has 0 heterocycles. The van der Waals surface area contributed by atoms with Crippen molar-refractivity contribution in [3.63, 3.8) is 0 Å². The first-order chi connectivity index (χ1) is 9.49. The van der Waals surface area contributed by atoms with Crippen molar-refractivity contribution in [2.24, 2.45) is 5.41 Å². The highest BCUT2D eigenvalue weighted by Crippen LogP contribution is 2.31. The lowest BCUT2D eigenvalue weighted by atomic mass is 9.74. The molecule has 116 valence electrons. The van der Waals surface area contributed by atoms with Gasteiger partial charge in [0.2, 0.25) is 0 Å². The Bertz CT molecular complexity index is 548. The Balaban J connectivity index is 3.01. The number of nitrogens with zero attached hydrogens (tertiary/aromatic N) is 1. The topological polar surface area (TPSA) is 69.6 Å². The highest BCUT2D eigenvalue weighted by atomic mass is 16.4. The molecule has 1 rings (SSSR count). The summed E-state index contributed by atoms with van der Waals surface area (Å²) in [6.07, 6.45) is 0. The van der Waals surface area contributed by atoms with E-state index in [1.54, 1.807) is 45.9 Å². The number of benzene rings is 1. The Morgan fingerprint density at radius 2 is 1.71 bits per heavy atom. The maximum absolute atomic E-state index is 12.4. The van der Waals surface area contributed by atoms with E-state index in [9.17, 15) is 14.7 Å². The average Bonchev–Trinajstić information content (AvgIpc) is 2.37. The van der Waals surface area contributed by atoms with Gasteiger partial charge in [0.05, 0.1) is 11.0 Å². The highest BCUT2D eigenvalue weighted by Gasteiger charge is 2.44. The number of carbonyl (C=O) groups is 2. The van der Waals surface area contributed by atoms with Crippen LogP contribution in [0.15, 0.2) is 24.3 Å². The monoisotopic (exact) mass is 292 g/mol. The number of carbonyl (C=O) groups excluding carboxylic acids is 1. The van der Waals surface area contributed by atoms with E-state index in [1.807, 2.05) is 25.1 Å². The molecule has 0 unspecified atom stereocenters. The summed E-state index contributed by atoms with van der Waals surface area (Å²) in [5.41, 5.74) is -0.542. The van der Waals surface area contributed by atoms with Crippen LogP contribution in [0.5, 0.6) is 0 Å². The summed E-state index contributed by atoms with van der Waals surface area (Å²) in [5, 5.41) is 12.1. The zero-order valence-electron chi connectivity index (χ0n) is 13.5. The van der Waals surface area contributed by atoms with Gasteiger partial charge < -0.3 is 15.3 Å². The number of carboxylic acid groups (broad SMARTS) is 1. The van der Waals surface area contributed by atoms with Gasteiger partial charge in [-0.25, -0.2) is 0 Å². The van der Waals surface area contributed by atoms with E-state index in [0.29, 0.717) is 5.56 Å². The fourth-order valence-electron chi connectivity index (χ4n) is 1.70. The minimum absolute atomic E-state index is 0.280. The highest BCUT2D eigenvalue weighted by molar-refractivity contribution is 5.96. The summed E-state index contributed by atoms with van der Waals surface area (Å²) in [4.78, 5) is 25.7. The van der Waals surface area contributed by atoms with Crippen LogP contribution < -0.4 is 10.2 Å². The Hall–Kier alpha value is -2.04. The molecule has 1 aromatic rings. The summed E-state index contributed by atoms with van der Waals surface area (Å²) in [7, 11) is 3.79. The first kappa shape index (κ1) is 17.0. The third-order valence-corrected chi connectivity index (χ3v) is 4.15. The molecule has 5 heteroatoms. The van der Waals surface area contributed by atoms with Crippen molar-refractivity contribution in [2.45, 2.75) is 33.2 Å². The van der Waals surface area contributed by atoms with Crippen LogP contribution in [-0.4, -0.2) is 36.6 Å². The number of nitrogens with one attached hydrogen (secondary N) is 1. The second-order valence-corrected chi connectivity index (χ2v) is 6.45. The largest absolute Gasteiger partial charge is 0.481 e. The van der Waals surface area contributed by atoms with Crippen LogP contribution >= 0.6 is 0 Å². The number of anilines is 1. The van der Waals surface area contributed by atoms with Crippen LogP contribution in [0.4, 0.5) is 5.69 Å². The van der Waals surface area contributed by atoms with E-state index in [4.69, 9.17) is 0 Å². The zero-order valence-corrected chi connectivity index (χ0v) is 13.5. The number of aliphatic carboxylic acids is 1. The molecule has 0 radical (unpaired) electrons. The fourth-order valence-corrected chi connectivity index (χ4v) is 1.70. The van der Waals surface area contributed by atoms with Crippen LogP contribution in [0.1, 0.15) is 38.1 Å². The molecule has 0 aliphatic rings. The van der Waals surface area contributed by atoms with Gasteiger partial charge in [-0.2, -0.15) is 0 Å². The van der Waals surface area contributed by atoms with Gasteiger partial charge in [-0.1, -0.05) is 6.07 Å². The second-order valence-electron chi connectivity index (χ2n) is 6.45. The Kier molecular flexibility index (Phi) is 4.66. The molecule has 0 fully saturated rings. The first-order valence-corrected chi connectivity index (χ1v) is 6.82. The normalized spacial score (nSPS) is 11.9. The third-order valence-electron chi connectivity index (χ3n) is 4.15. The fraction of sp³-hybridized carbons (Fsp3) is 0.500. The van der Waals surface area contributed by atoms with Gasteiger partial charge in [0.15, 0.2) is 0 Å². The lowest BCUT2D eigenvalue weighted by Gasteiger charge is -2.38. The van der Waals surface area contributed by atoms with Crippen LogP contribution in [0.25, 0.3) is 0 Å². The Morgan fingerprint density at radius 3 is 2.19 bits per heavy atom. The van der Waals surface area contributed by atoms with E-state index in [2.05, 4.69) is 5.32 Å². The molecule has 0 spiro atoms. The molecule has 0 aliphatic heterocycles. The standard InChI is InChI=1S/C16H24N2O3/c1-15(2,14(20)21)16(3,4)17-13(19)11-8-7-9-12(10-11)18(5)6/h7-10H,1-6H3,(H,17,19)(H,20,21). The molecule has 0 aromatic heterocycles. The van der Waals surface area contributed by atoms with Gasteiger partial charge in [0.25, 0.3) is 5.91 Å². The third kappa shape index (κ3) is 3.54. The van der Waals surface area contributed by atoms with Gasteiger partial charge in [-0.3, -0.25) is 9.59 Å². The quantitative estimate of drug-likeness (QED) is 0.874. The number of amides is 1. The summed E-state index contributed by atoms with van der Waals surface area (Å²) in [6, 6.07) is 7.20. The smallest absolute Gasteiger partial charge is 0.311 e. The van der Waals surface area contributed by atoms with Gasteiger partial charge >= 0.3 is 5.97 Å². The van der Waals surface area contributed by atoms with E-state index in [-0.39, 0.29) is 5.91 Å².